The summed E-state index contributed by atoms with van der Waals surface area (Å²) in [6, 6.07) is 14.2. The van der Waals surface area contributed by atoms with Crippen LogP contribution in [0.25, 0.3) is 0 Å². The molecule has 2 aromatic rings. The molecule has 2 heterocycles. The minimum absolute atomic E-state index is 0.0637. The molecule has 5 nitrogen and oxygen atoms in total. The van der Waals surface area contributed by atoms with Crippen molar-refractivity contribution in [1.82, 2.24) is 0 Å². The van der Waals surface area contributed by atoms with Gasteiger partial charge in [-0.05, 0) is 11.6 Å². The van der Waals surface area contributed by atoms with Crippen LogP contribution in [0.3, 0.4) is 0 Å². The average molecular weight is 350 g/mol. The first kappa shape index (κ1) is 15.2. The van der Waals surface area contributed by atoms with E-state index in [1.54, 1.807) is 12.1 Å². The Morgan fingerprint density at radius 1 is 1.24 bits per heavy atom. The van der Waals surface area contributed by atoms with E-state index in [1.165, 1.54) is 0 Å². The van der Waals surface area contributed by atoms with E-state index < -0.39 is 4.92 Å². The first-order valence-electron chi connectivity index (χ1n) is 6.16. The van der Waals surface area contributed by atoms with Crippen molar-refractivity contribution in [2.75, 3.05) is 5.33 Å². The van der Waals surface area contributed by atoms with Gasteiger partial charge in [0.25, 0.3) is 0 Å². The van der Waals surface area contributed by atoms with E-state index in [4.69, 9.17) is 4.74 Å². The highest BCUT2D eigenvalue weighted by molar-refractivity contribution is 9.09. The van der Waals surface area contributed by atoms with Crippen LogP contribution >= 0.6 is 15.9 Å². The summed E-state index contributed by atoms with van der Waals surface area (Å²) in [6.45, 7) is 0.461. The van der Waals surface area contributed by atoms with Crippen LogP contribution in [-0.4, -0.2) is 16.0 Å². The number of ether oxygens (including phenoxy) is 1. The molecule has 0 fully saturated rings. The molecule has 0 radical (unpaired) electrons. The van der Waals surface area contributed by atoms with E-state index in [9.17, 15) is 14.9 Å². The van der Waals surface area contributed by atoms with Crippen molar-refractivity contribution in [2.45, 2.75) is 6.61 Å². The van der Waals surface area contributed by atoms with Gasteiger partial charge in [0.2, 0.25) is 0 Å². The molecule has 2 aliphatic heterocycles. The summed E-state index contributed by atoms with van der Waals surface area (Å²) in [5, 5.41) is 10.7. The second-order valence-corrected chi connectivity index (χ2v) is 4.83. The monoisotopic (exact) mass is 349 g/mol. The van der Waals surface area contributed by atoms with Crippen molar-refractivity contribution < 1.29 is 14.5 Å². The summed E-state index contributed by atoms with van der Waals surface area (Å²) in [4.78, 5) is 20.9. The van der Waals surface area contributed by atoms with Crippen LogP contribution in [0.4, 0.5) is 5.69 Å². The van der Waals surface area contributed by atoms with Crippen molar-refractivity contribution >= 4 is 27.4 Å². The zero-order chi connectivity index (χ0) is 15.2. The Balaban J connectivity index is 0.000000155. The minimum Gasteiger partial charge on any atom is -0.482 e. The maximum Gasteiger partial charge on any atom is 0.311 e. The third-order valence-electron chi connectivity index (χ3n) is 2.83. The van der Waals surface area contributed by atoms with Gasteiger partial charge in [-0.15, -0.1) is 0 Å². The fourth-order valence-corrected chi connectivity index (χ4v) is 2.10. The van der Waals surface area contributed by atoms with Gasteiger partial charge < -0.3 is 4.74 Å². The van der Waals surface area contributed by atoms with E-state index in [-0.39, 0.29) is 11.5 Å². The molecule has 0 saturated carbocycles. The van der Waals surface area contributed by atoms with Crippen molar-refractivity contribution in [3.63, 3.8) is 0 Å². The van der Waals surface area contributed by atoms with E-state index in [0.717, 1.165) is 11.1 Å². The lowest BCUT2D eigenvalue weighted by Crippen LogP contribution is -2.05. The summed E-state index contributed by atoms with van der Waals surface area (Å²) >= 11 is 3.10. The third kappa shape index (κ3) is 3.88. The SMILES string of the molecule is O=C(CBr)c1ccccc1.O=[N+]([O-])c1cc2ccc1OC2. The van der Waals surface area contributed by atoms with E-state index in [1.807, 2.05) is 36.4 Å². The van der Waals surface area contributed by atoms with Crippen molar-refractivity contribution in [1.29, 1.82) is 0 Å². The lowest BCUT2D eigenvalue weighted by molar-refractivity contribution is -0.386. The number of hydrogen-bond acceptors (Lipinski definition) is 4. The fraction of sp³-hybridized carbons (Fsp3) is 0.133. The first-order valence-corrected chi connectivity index (χ1v) is 7.28. The number of alkyl halides is 1. The molecule has 0 aromatic heterocycles. The van der Waals surface area contributed by atoms with Gasteiger partial charge in [-0.25, -0.2) is 0 Å². The molecule has 108 valence electrons. The standard InChI is InChI=1S/C8H7BrO.C7H5NO3/c9-6-8(10)7-4-2-1-3-5-7;9-8(10)6-3-5-1-2-7(6)11-4-5/h1-5H,6H2;1-3H,4H2. The summed E-state index contributed by atoms with van der Waals surface area (Å²) in [6.07, 6.45) is 0. The molecule has 2 aromatic carbocycles. The quantitative estimate of drug-likeness (QED) is 0.366. The molecule has 2 bridgehead atoms. The Bertz CT molecular complexity index is 658. The van der Waals surface area contributed by atoms with Crippen LogP contribution in [0.2, 0.25) is 0 Å². The van der Waals surface area contributed by atoms with Crippen LogP contribution in [0, 0.1) is 10.1 Å². The second-order valence-electron chi connectivity index (χ2n) is 4.27. The molecule has 0 N–H and O–H groups in total. The Kier molecular flexibility index (Phi) is 5.05. The number of carbonyl (C=O) groups excluding carboxylic acids is 1. The molecule has 21 heavy (non-hydrogen) atoms. The topological polar surface area (TPSA) is 69.4 Å². The van der Waals surface area contributed by atoms with Gasteiger partial charge in [-0.1, -0.05) is 52.3 Å². The number of nitro groups is 1. The highest BCUT2D eigenvalue weighted by Crippen LogP contribution is 2.32. The van der Waals surface area contributed by atoms with Gasteiger partial charge in [0.05, 0.1) is 10.3 Å². The van der Waals surface area contributed by atoms with Crippen molar-refractivity contribution in [3.8, 4) is 5.75 Å². The Morgan fingerprint density at radius 2 is 1.95 bits per heavy atom. The third-order valence-corrected chi connectivity index (χ3v) is 3.34. The van der Waals surface area contributed by atoms with Gasteiger partial charge in [-0.3, -0.25) is 14.9 Å². The lowest BCUT2D eigenvalue weighted by Gasteiger charge is -2.13. The normalized spacial score (nSPS) is 11.1. The zero-order valence-corrected chi connectivity index (χ0v) is 12.6. The fourth-order valence-electron chi connectivity index (χ4n) is 1.78. The zero-order valence-electron chi connectivity index (χ0n) is 11.0. The molecule has 0 saturated heterocycles. The van der Waals surface area contributed by atoms with Crippen LogP contribution < -0.4 is 4.74 Å². The molecule has 2 aliphatic rings. The molecule has 0 spiro atoms. The predicted molar refractivity (Wildman–Crippen MR) is 82.0 cm³/mol. The Morgan fingerprint density at radius 3 is 2.33 bits per heavy atom. The number of hydrogen-bond donors (Lipinski definition) is 0. The summed E-state index contributed by atoms with van der Waals surface area (Å²) in [7, 11) is 0. The number of carbonyl (C=O) groups is 1. The van der Waals surface area contributed by atoms with E-state index >= 15 is 0 Å². The van der Waals surface area contributed by atoms with Gasteiger partial charge in [0.1, 0.15) is 6.61 Å². The predicted octanol–water partition coefficient (Wildman–Crippen LogP) is 3.75. The number of nitrogens with zero attached hydrogens (tertiary/aromatic N) is 1. The number of fused-ring (bicyclic) bond motifs is 3. The molecule has 0 unspecified atom stereocenters. The molecule has 4 rings (SSSR count). The Hall–Kier alpha value is -2.21. The number of Topliss-reactive ketones (excluding diaryl/α,β-unsaturated/α-hetero) is 1. The lowest BCUT2D eigenvalue weighted by atomic mass is 10.1. The summed E-state index contributed by atoms with van der Waals surface area (Å²) < 4.78 is 5.03. The van der Waals surface area contributed by atoms with Gasteiger partial charge in [-0.2, -0.15) is 0 Å². The number of ketones is 1. The molecular formula is C15H12BrNO4. The van der Waals surface area contributed by atoms with Crippen LogP contribution in [0.15, 0.2) is 48.5 Å². The maximum absolute atomic E-state index is 11.0. The largest absolute Gasteiger partial charge is 0.482 e. The molecule has 6 heteroatoms. The number of nitro benzene ring substituents is 1. The van der Waals surface area contributed by atoms with E-state index in [2.05, 4.69) is 15.9 Å². The van der Waals surface area contributed by atoms with Crippen LogP contribution in [0.5, 0.6) is 5.75 Å². The molecular weight excluding hydrogens is 338 g/mol. The minimum atomic E-state index is -0.433. The Labute approximate surface area is 129 Å². The van der Waals surface area contributed by atoms with Crippen molar-refractivity contribution in [2.24, 2.45) is 0 Å². The average Bonchev–Trinajstić information content (AvgIpc) is 2.56. The van der Waals surface area contributed by atoms with Gasteiger partial charge in [0.15, 0.2) is 11.5 Å². The second kappa shape index (κ2) is 6.99. The van der Waals surface area contributed by atoms with E-state index in [0.29, 0.717) is 17.7 Å². The maximum atomic E-state index is 11.0. The molecule has 0 aliphatic carbocycles. The summed E-state index contributed by atoms with van der Waals surface area (Å²) in [5.74, 6) is 0.491. The smallest absolute Gasteiger partial charge is 0.311 e. The molecule has 0 atom stereocenters. The highest BCUT2D eigenvalue weighted by Gasteiger charge is 2.20. The number of benzene rings is 2. The first-order chi connectivity index (χ1) is 10.1. The molecule has 0 amide bonds. The van der Waals surface area contributed by atoms with Gasteiger partial charge >= 0.3 is 5.69 Å². The van der Waals surface area contributed by atoms with Crippen molar-refractivity contribution in [3.05, 3.63) is 69.8 Å². The van der Waals surface area contributed by atoms with Crippen LogP contribution in [0.1, 0.15) is 15.9 Å². The van der Waals surface area contributed by atoms with Crippen LogP contribution in [-0.2, 0) is 6.61 Å². The van der Waals surface area contributed by atoms with Gasteiger partial charge in [0, 0.05) is 11.6 Å². The summed E-state index contributed by atoms with van der Waals surface area (Å²) in [5.41, 5.74) is 1.68. The number of halogens is 1. The number of rotatable bonds is 3. The highest BCUT2D eigenvalue weighted by atomic mass is 79.9.